The Labute approximate surface area is 144 Å². The molecule has 1 N–H and O–H groups in total. The lowest BCUT2D eigenvalue weighted by molar-refractivity contribution is -0.00725. The lowest BCUT2D eigenvalue weighted by Crippen LogP contribution is -2.49. The number of nitrogens with zero attached hydrogens (tertiary/aromatic N) is 2. The largest absolute Gasteiger partial charge is 0.379 e. The molecule has 2 heterocycles. The van der Waals surface area contributed by atoms with Crippen molar-refractivity contribution in [3.8, 4) is 0 Å². The van der Waals surface area contributed by atoms with Gasteiger partial charge in [-0.05, 0) is 30.4 Å². The van der Waals surface area contributed by atoms with Gasteiger partial charge in [0.15, 0.2) is 0 Å². The van der Waals surface area contributed by atoms with Crippen molar-refractivity contribution in [1.29, 1.82) is 0 Å². The summed E-state index contributed by atoms with van der Waals surface area (Å²) < 4.78 is 19.4. The molecule has 132 valence electrons. The minimum absolute atomic E-state index is 0.0184. The van der Waals surface area contributed by atoms with Gasteiger partial charge in [-0.25, -0.2) is 9.37 Å². The van der Waals surface area contributed by atoms with Crippen LogP contribution in [0.1, 0.15) is 22.3 Å². The van der Waals surface area contributed by atoms with Gasteiger partial charge in [0.05, 0.1) is 12.4 Å². The lowest BCUT2D eigenvalue weighted by Gasteiger charge is -2.37. The van der Waals surface area contributed by atoms with Gasteiger partial charge >= 0.3 is 0 Å². The molecule has 0 unspecified atom stereocenters. The number of nitrogens with one attached hydrogen (secondary N) is 1. The molecule has 2 aromatic rings. The normalized spacial score (nSPS) is 20.5. The van der Waals surface area contributed by atoms with E-state index < -0.39 is 5.56 Å². The van der Waals surface area contributed by atoms with Crippen LogP contribution in [0.15, 0.2) is 41.6 Å². The average molecular weight is 345 g/mol. The minimum atomic E-state index is -0.456. The van der Waals surface area contributed by atoms with E-state index in [0.717, 1.165) is 0 Å². The van der Waals surface area contributed by atoms with E-state index in [2.05, 4.69) is 9.97 Å². The maximum absolute atomic E-state index is 13.9. The van der Waals surface area contributed by atoms with Crippen molar-refractivity contribution in [2.24, 2.45) is 5.92 Å². The van der Waals surface area contributed by atoms with Crippen molar-refractivity contribution in [3.63, 3.8) is 0 Å². The molecule has 1 aromatic heterocycles. The number of piperidine rings is 1. The van der Waals surface area contributed by atoms with Crippen molar-refractivity contribution >= 4 is 5.91 Å². The summed E-state index contributed by atoms with van der Waals surface area (Å²) in [5.41, 5.74) is 0.213. The van der Waals surface area contributed by atoms with Crippen LogP contribution in [0, 0.1) is 11.7 Å². The summed E-state index contributed by atoms with van der Waals surface area (Å²) >= 11 is 0. The first-order chi connectivity index (χ1) is 12.1. The quantitative estimate of drug-likeness (QED) is 0.914. The van der Waals surface area contributed by atoms with Gasteiger partial charge in [0.2, 0.25) is 0 Å². The fourth-order valence-corrected chi connectivity index (χ4v) is 3.26. The molecule has 1 saturated heterocycles. The first-order valence-electron chi connectivity index (χ1n) is 8.18. The molecule has 0 saturated carbocycles. The zero-order valence-corrected chi connectivity index (χ0v) is 13.9. The maximum atomic E-state index is 13.9. The van der Waals surface area contributed by atoms with Crippen LogP contribution < -0.4 is 5.56 Å². The van der Waals surface area contributed by atoms with Crippen LogP contribution >= 0.6 is 0 Å². The van der Waals surface area contributed by atoms with Gasteiger partial charge in [0, 0.05) is 26.4 Å². The van der Waals surface area contributed by atoms with Gasteiger partial charge in [-0.1, -0.05) is 18.2 Å². The molecule has 0 radical (unpaired) electrons. The highest BCUT2D eigenvalue weighted by Gasteiger charge is 2.33. The second-order valence-corrected chi connectivity index (χ2v) is 6.16. The number of hydrogen-bond acceptors (Lipinski definition) is 4. The van der Waals surface area contributed by atoms with Crippen molar-refractivity contribution in [3.05, 3.63) is 64.1 Å². The number of amides is 1. The summed E-state index contributed by atoms with van der Waals surface area (Å²) in [6, 6.07) is 6.70. The molecule has 1 fully saturated rings. The number of carbonyl (C=O) groups is 1. The SMILES string of the molecule is CO[C@@H]1CN(C(=O)c2cnc[nH]c2=O)CC[C@@H]1Cc1ccccc1F. The van der Waals surface area contributed by atoms with Gasteiger partial charge in [0.1, 0.15) is 11.4 Å². The van der Waals surface area contributed by atoms with E-state index in [1.807, 2.05) is 6.07 Å². The van der Waals surface area contributed by atoms with E-state index in [1.165, 1.54) is 18.6 Å². The average Bonchev–Trinajstić information content (AvgIpc) is 2.63. The molecular weight excluding hydrogens is 325 g/mol. The topological polar surface area (TPSA) is 75.3 Å². The van der Waals surface area contributed by atoms with Gasteiger partial charge < -0.3 is 14.6 Å². The smallest absolute Gasteiger partial charge is 0.263 e. The van der Waals surface area contributed by atoms with E-state index in [0.29, 0.717) is 31.5 Å². The van der Waals surface area contributed by atoms with Gasteiger partial charge in [0.25, 0.3) is 11.5 Å². The number of benzene rings is 1. The van der Waals surface area contributed by atoms with Crippen molar-refractivity contribution in [2.45, 2.75) is 18.9 Å². The molecular formula is C18H20FN3O3. The van der Waals surface area contributed by atoms with Gasteiger partial charge in [-0.15, -0.1) is 0 Å². The van der Waals surface area contributed by atoms with Crippen LogP contribution in [0.2, 0.25) is 0 Å². The Bertz CT molecular complexity index is 808. The van der Waals surface area contributed by atoms with E-state index in [4.69, 9.17) is 4.74 Å². The Morgan fingerprint density at radius 3 is 2.96 bits per heavy atom. The second kappa shape index (κ2) is 7.57. The lowest BCUT2D eigenvalue weighted by atomic mass is 9.87. The monoisotopic (exact) mass is 345 g/mol. The number of methoxy groups -OCH3 is 1. The first-order valence-corrected chi connectivity index (χ1v) is 8.18. The third kappa shape index (κ3) is 3.76. The van der Waals surface area contributed by atoms with Gasteiger partial charge in [-0.2, -0.15) is 0 Å². The standard InChI is InChI=1S/C18H20FN3O3/c1-25-16-10-22(18(24)14-9-20-11-21-17(14)23)7-6-13(16)8-12-4-2-3-5-15(12)19/h2-5,9,11,13,16H,6-8,10H2,1H3,(H,20,21,23)/t13-,16-/m1/s1. The van der Waals surface area contributed by atoms with E-state index in [1.54, 1.807) is 24.1 Å². The number of H-pyrrole nitrogens is 1. The molecule has 1 aliphatic rings. The van der Waals surface area contributed by atoms with Crippen LogP contribution in [0.25, 0.3) is 0 Å². The van der Waals surface area contributed by atoms with E-state index >= 15 is 0 Å². The number of halogens is 1. The Morgan fingerprint density at radius 2 is 2.24 bits per heavy atom. The maximum Gasteiger partial charge on any atom is 0.263 e. The van der Waals surface area contributed by atoms with Crippen molar-refractivity contribution < 1.29 is 13.9 Å². The van der Waals surface area contributed by atoms with Crippen LogP contribution in [-0.2, 0) is 11.2 Å². The predicted octanol–water partition coefficient (Wildman–Crippen LogP) is 1.63. The summed E-state index contributed by atoms with van der Waals surface area (Å²) in [7, 11) is 1.59. The van der Waals surface area contributed by atoms with E-state index in [-0.39, 0.29) is 29.3 Å². The summed E-state index contributed by atoms with van der Waals surface area (Å²) in [5.74, 6) is -0.475. The molecule has 2 atom stereocenters. The molecule has 1 aliphatic heterocycles. The summed E-state index contributed by atoms with van der Waals surface area (Å²) in [6.07, 6.45) is 3.54. The van der Waals surface area contributed by atoms with Gasteiger partial charge in [-0.3, -0.25) is 9.59 Å². The number of likely N-dealkylation sites (tertiary alicyclic amines) is 1. The number of aromatic amines is 1. The van der Waals surface area contributed by atoms with Crippen LogP contribution in [0.3, 0.4) is 0 Å². The fraction of sp³-hybridized carbons (Fsp3) is 0.389. The summed E-state index contributed by atoms with van der Waals surface area (Å²) in [6.45, 7) is 0.856. The fourth-order valence-electron chi connectivity index (χ4n) is 3.26. The van der Waals surface area contributed by atoms with Crippen LogP contribution in [0.5, 0.6) is 0 Å². The molecule has 0 spiro atoms. The third-order valence-electron chi connectivity index (χ3n) is 4.67. The van der Waals surface area contributed by atoms with Crippen molar-refractivity contribution in [2.75, 3.05) is 20.2 Å². The Balaban J connectivity index is 1.71. The highest BCUT2D eigenvalue weighted by molar-refractivity contribution is 5.93. The Hall–Kier alpha value is -2.54. The first kappa shape index (κ1) is 17.3. The Morgan fingerprint density at radius 1 is 1.44 bits per heavy atom. The number of aromatic nitrogens is 2. The zero-order valence-electron chi connectivity index (χ0n) is 13.9. The molecule has 7 heteroatoms. The third-order valence-corrected chi connectivity index (χ3v) is 4.67. The molecule has 1 aromatic carbocycles. The Kier molecular flexibility index (Phi) is 5.23. The summed E-state index contributed by atoms with van der Waals surface area (Å²) in [5, 5.41) is 0. The van der Waals surface area contributed by atoms with Crippen LogP contribution in [-0.4, -0.2) is 47.1 Å². The summed E-state index contributed by atoms with van der Waals surface area (Å²) in [4.78, 5) is 32.1. The molecule has 0 aliphatic carbocycles. The highest BCUT2D eigenvalue weighted by atomic mass is 19.1. The molecule has 0 bridgehead atoms. The zero-order chi connectivity index (χ0) is 17.8. The molecule has 1 amide bonds. The second-order valence-electron chi connectivity index (χ2n) is 6.16. The molecule has 6 nitrogen and oxygen atoms in total. The molecule has 25 heavy (non-hydrogen) atoms. The number of hydrogen-bond donors (Lipinski definition) is 1. The minimum Gasteiger partial charge on any atom is -0.379 e. The number of rotatable bonds is 4. The number of carbonyl (C=O) groups excluding carboxylic acids is 1. The number of ether oxygens (including phenoxy) is 1. The van der Waals surface area contributed by atoms with E-state index in [9.17, 15) is 14.0 Å². The predicted molar refractivity (Wildman–Crippen MR) is 89.8 cm³/mol. The molecule has 3 rings (SSSR count). The van der Waals surface area contributed by atoms with Crippen molar-refractivity contribution in [1.82, 2.24) is 14.9 Å². The highest BCUT2D eigenvalue weighted by Crippen LogP contribution is 2.25. The van der Waals surface area contributed by atoms with Crippen LogP contribution in [0.4, 0.5) is 4.39 Å².